The second-order valence-electron chi connectivity index (χ2n) is 8.81. The van der Waals surface area contributed by atoms with Crippen LogP contribution in [0.2, 0.25) is 0 Å². The molecule has 1 heterocycles. The zero-order valence-corrected chi connectivity index (χ0v) is 19.1. The Kier molecular flexibility index (Phi) is 7.32. The number of carbonyl (C=O) groups excluding carboxylic acids is 2. The van der Waals surface area contributed by atoms with E-state index in [1.165, 1.54) is 0 Å². The Hall–Kier alpha value is -3.90. The Balaban J connectivity index is 1.45. The summed E-state index contributed by atoms with van der Waals surface area (Å²) in [7, 11) is 0. The largest absolute Gasteiger partial charge is 0.480 e. The standard InChI is InChI=1S/C26H27N3O6/c27-12-6-5-11-22(24(31)29-14-16(30)13-23(29)25(32)33)28-26(34)35-15-21-19-9-3-1-7-17(19)18-8-2-4-10-20(18)21/h1-4,7-10,16,21-23,30H,5-6,11,13-15H2,(H,28,34)(H,32,33)/t16-,22?,23-/m1/s1. The lowest BCUT2D eigenvalue weighted by Crippen LogP contribution is -2.52. The molecular formula is C26H27N3O6. The van der Waals surface area contributed by atoms with E-state index < -0.39 is 36.2 Å². The third-order valence-corrected chi connectivity index (χ3v) is 6.56. The van der Waals surface area contributed by atoms with E-state index in [1.807, 2.05) is 54.6 Å². The third-order valence-electron chi connectivity index (χ3n) is 6.56. The molecule has 2 amide bonds. The number of hydrogen-bond acceptors (Lipinski definition) is 6. The maximum absolute atomic E-state index is 13.1. The summed E-state index contributed by atoms with van der Waals surface area (Å²) in [6, 6.07) is 15.6. The number of rotatable bonds is 8. The molecule has 1 saturated heterocycles. The van der Waals surface area contributed by atoms with Crippen LogP contribution in [-0.4, -0.2) is 64.4 Å². The topological polar surface area (TPSA) is 140 Å². The minimum atomic E-state index is -1.22. The highest BCUT2D eigenvalue weighted by atomic mass is 16.5. The van der Waals surface area contributed by atoms with Crippen molar-refractivity contribution in [3.8, 4) is 17.2 Å². The Morgan fingerprint density at radius 3 is 2.34 bits per heavy atom. The molecule has 2 aliphatic rings. The number of aliphatic carboxylic acids is 1. The number of nitrogens with zero attached hydrogens (tertiary/aromatic N) is 2. The van der Waals surface area contributed by atoms with Gasteiger partial charge in [-0.1, -0.05) is 48.5 Å². The highest BCUT2D eigenvalue weighted by molar-refractivity contribution is 5.90. The molecule has 9 nitrogen and oxygen atoms in total. The minimum absolute atomic E-state index is 0.0686. The van der Waals surface area contributed by atoms with Gasteiger partial charge in [-0.05, 0) is 35.1 Å². The molecule has 0 radical (unpaired) electrons. The highest BCUT2D eigenvalue weighted by Gasteiger charge is 2.41. The lowest BCUT2D eigenvalue weighted by atomic mass is 9.98. The normalized spacial score (nSPS) is 19.4. The summed E-state index contributed by atoms with van der Waals surface area (Å²) in [6.45, 7) is -0.0595. The lowest BCUT2D eigenvalue weighted by molar-refractivity contribution is -0.149. The summed E-state index contributed by atoms with van der Waals surface area (Å²) in [5.41, 5.74) is 4.29. The van der Waals surface area contributed by atoms with Crippen LogP contribution >= 0.6 is 0 Å². The number of hydrogen-bond donors (Lipinski definition) is 3. The molecule has 1 aliphatic heterocycles. The maximum atomic E-state index is 13.1. The average Bonchev–Trinajstić information content (AvgIpc) is 3.40. The third kappa shape index (κ3) is 5.12. The zero-order valence-electron chi connectivity index (χ0n) is 19.1. The van der Waals surface area contributed by atoms with Crippen molar-refractivity contribution in [2.45, 2.75) is 49.8 Å². The SMILES string of the molecule is N#CCCCC(NC(=O)OCC1c2ccccc2-c2ccccc21)C(=O)N1C[C@H](O)C[C@@H]1C(=O)O. The van der Waals surface area contributed by atoms with Crippen LogP contribution in [0.1, 0.15) is 42.7 Å². The predicted molar refractivity (Wildman–Crippen MR) is 125 cm³/mol. The van der Waals surface area contributed by atoms with Crippen LogP contribution in [0.5, 0.6) is 0 Å². The average molecular weight is 478 g/mol. The molecule has 2 aromatic rings. The van der Waals surface area contributed by atoms with Gasteiger partial charge in [-0.25, -0.2) is 9.59 Å². The van der Waals surface area contributed by atoms with E-state index in [1.54, 1.807) is 0 Å². The van der Waals surface area contributed by atoms with Gasteiger partial charge in [0.1, 0.15) is 18.7 Å². The van der Waals surface area contributed by atoms with Gasteiger partial charge in [0.2, 0.25) is 5.91 Å². The maximum Gasteiger partial charge on any atom is 0.407 e. The number of unbranched alkanes of at least 4 members (excludes halogenated alkanes) is 1. The molecule has 9 heteroatoms. The fourth-order valence-corrected chi connectivity index (χ4v) is 4.92. The monoisotopic (exact) mass is 477 g/mol. The van der Waals surface area contributed by atoms with E-state index in [0.29, 0.717) is 6.42 Å². The molecule has 35 heavy (non-hydrogen) atoms. The lowest BCUT2D eigenvalue weighted by Gasteiger charge is -2.27. The molecule has 3 N–H and O–H groups in total. The first-order valence-corrected chi connectivity index (χ1v) is 11.6. The van der Waals surface area contributed by atoms with Crippen molar-refractivity contribution >= 4 is 18.0 Å². The molecule has 2 aromatic carbocycles. The van der Waals surface area contributed by atoms with Crippen molar-refractivity contribution in [1.29, 1.82) is 5.26 Å². The summed E-state index contributed by atoms with van der Waals surface area (Å²) < 4.78 is 5.53. The summed E-state index contributed by atoms with van der Waals surface area (Å²) in [5, 5.41) is 30.8. The quantitative estimate of drug-likeness (QED) is 0.497. The fourth-order valence-electron chi connectivity index (χ4n) is 4.92. The molecule has 182 valence electrons. The Bertz CT molecular complexity index is 1110. The minimum Gasteiger partial charge on any atom is -0.480 e. The Morgan fingerprint density at radius 1 is 1.11 bits per heavy atom. The number of nitriles is 1. The summed E-state index contributed by atoms with van der Waals surface area (Å²) in [4.78, 5) is 38.5. The molecule has 0 spiro atoms. The number of aliphatic hydroxyl groups is 1. The van der Waals surface area contributed by atoms with Crippen LogP contribution in [0.4, 0.5) is 4.79 Å². The fraction of sp³-hybridized carbons (Fsp3) is 0.385. The molecule has 0 aromatic heterocycles. The number of carboxylic acid groups (broad SMARTS) is 1. The Morgan fingerprint density at radius 2 is 1.74 bits per heavy atom. The number of carboxylic acids is 1. The van der Waals surface area contributed by atoms with E-state index >= 15 is 0 Å². The molecule has 0 bridgehead atoms. The van der Waals surface area contributed by atoms with Gasteiger partial charge in [-0.2, -0.15) is 5.26 Å². The number of aliphatic hydroxyl groups excluding tert-OH is 1. The van der Waals surface area contributed by atoms with E-state index in [2.05, 4.69) is 5.32 Å². The van der Waals surface area contributed by atoms with Crippen molar-refractivity contribution in [2.75, 3.05) is 13.2 Å². The van der Waals surface area contributed by atoms with Crippen LogP contribution in [0, 0.1) is 11.3 Å². The number of ether oxygens (including phenoxy) is 1. The van der Waals surface area contributed by atoms with Gasteiger partial charge in [0.05, 0.1) is 12.2 Å². The molecule has 3 atom stereocenters. The van der Waals surface area contributed by atoms with Gasteiger partial charge >= 0.3 is 12.1 Å². The number of benzene rings is 2. The smallest absolute Gasteiger partial charge is 0.407 e. The van der Waals surface area contributed by atoms with Crippen LogP contribution in [0.15, 0.2) is 48.5 Å². The number of β-amino-alcohol motifs (C(OH)–C–C–N with tert-alkyl or cyclic N) is 1. The summed E-state index contributed by atoms with van der Waals surface area (Å²) >= 11 is 0. The summed E-state index contributed by atoms with van der Waals surface area (Å²) in [5.74, 6) is -1.97. The number of nitrogens with one attached hydrogen (secondary N) is 1. The molecule has 1 unspecified atom stereocenters. The van der Waals surface area contributed by atoms with E-state index in [9.17, 15) is 24.6 Å². The van der Waals surface area contributed by atoms with Gasteiger partial charge in [-0.3, -0.25) is 4.79 Å². The van der Waals surface area contributed by atoms with Crippen LogP contribution in [0.3, 0.4) is 0 Å². The first kappa shape index (κ1) is 24.2. The van der Waals surface area contributed by atoms with Crippen molar-refractivity contribution in [2.24, 2.45) is 0 Å². The second-order valence-corrected chi connectivity index (χ2v) is 8.81. The van der Waals surface area contributed by atoms with Gasteiger partial charge in [-0.15, -0.1) is 0 Å². The van der Waals surface area contributed by atoms with E-state index in [4.69, 9.17) is 10.00 Å². The molecule has 4 rings (SSSR count). The molecular weight excluding hydrogens is 450 g/mol. The predicted octanol–water partition coefficient (Wildman–Crippen LogP) is 2.63. The number of likely N-dealkylation sites (tertiary alicyclic amines) is 1. The van der Waals surface area contributed by atoms with Crippen molar-refractivity contribution in [3.63, 3.8) is 0 Å². The van der Waals surface area contributed by atoms with E-state index in [-0.39, 0.29) is 38.3 Å². The molecule has 0 saturated carbocycles. The van der Waals surface area contributed by atoms with Crippen molar-refractivity contribution < 1.29 is 29.3 Å². The number of alkyl carbamates (subject to hydrolysis) is 1. The number of fused-ring (bicyclic) bond motifs is 3. The van der Waals surface area contributed by atoms with Crippen LogP contribution in [0.25, 0.3) is 11.1 Å². The van der Waals surface area contributed by atoms with Crippen LogP contribution in [-0.2, 0) is 14.3 Å². The van der Waals surface area contributed by atoms with Gasteiger partial charge in [0.15, 0.2) is 0 Å². The van der Waals surface area contributed by atoms with E-state index in [0.717, 1.165) is 27.2 Å². The van der Waals surface area contributed by atoms with Gasteiger partial charge < -0.3 is 25.2 Å². The second kappa shape index (κ2) is 10.6. The van der Waals surface area contributed by atoms with Gasteiger partial charge in [0.25, 0.3) is 0 Å². The summed E-state index contributed by atoms with van der Waals surface area (Å²) in [6.07, 6.45) is -1.15. The number of amides is 2. The van der Waals surface area contributed by atoms with Crippen molar-refractivity contribution in [1.82, 2.24) is 10.2 Å². The first-order chi connectivity index (χ1) is 16.9. The molecule has 1 aliphatic carbocycles. The highest BCUT2D eigenvalue weighted by Crippen LogP contribution is 2.44. The first-order valence-electron chi connectivity index (χ1n) is 11.6. The molecule has 1 fully saturated rings. The van der Waals surface area contributed by atoms with Crippen LogP contribution < -0.4 is 5.32 Å². The zero-order chi connectivity index (χ0) is 24.9. The Labute approximate surface area is 202 Å². The number of carbonyl (C=O) groups is 3. The van der Waals surface area contributed by atoms with Gasteiger partial charge in [0, 0.05) is 25.3 Å². The van der Waals surface area contributed by atoms with Crippen molar-refractivity contribution in [3.05, 3.63) is 59.7 Å².